The average Bonchev–Trinajstić information content (AvgIpc) is 2.02. The van der Waals surface area contributed by atoms with Crippen LogP contribution in [0.5, 0.6) is 0 Å². The molecule has 0 radical (unpaired) electrons. The van der Waals surface area contributed by atoms with Gasteiger partial charge in [-0.15, -0.1) is 0 Å². The first-order chi connectivity index (χ1) is 6.10. The second-order valence-corrected chi connectivity index (χ2v) is 3.85. The highest BCUT2D eigenvalue weighted by Gasteiger charge is 2.10. The predicted molar refractivity (Wildman–Crippen MR) is 55.3 cm³/mol. The third-order valence-corrected chi connectivity index (χ3v) is 1.97. The number of carbonyl (C=O) groups excluding carboxylic acids is 1. The van der Waals surface area contributed by atoms with Crippen molar-refractivity contribution in [3.8, 4) is 0 Å². The third-order valence-electron chi connectivity index (χ3n) is 1.97. The van der Waals surface area contributed by atoms with Crippen molar-refractivity contribution >= 4 is 5.91 Å². The molecule has 0 saturated carbocycles. The van der Waals surface area contributed by atoms with Crippen LogP contribution < -0.4 is 11.1 Å². The van der Waals surface area contributed by atoms with Crippen LogP contribution in [0.3, 0.4) is 0 Å². The Kier molecular flexibility index (Phi) is 6.59. The molecule has 3 heteroatoms. The summed E-state index contributed by atoms with van der Waals surface area (Å²) in [7, 11) is 0. The minimum absolute atomic E-state index is 0.148. The second kappa shape index (κ2) is 6.89. The van der Waals surface area contributed by atoms with E-state index in [4.69, 9.17) is 5.73 Å². The van der Waals surface area contributed by atoms with E-state index < -0.39 is 0 Å². The Morgan fingerprint density at radius 3 is 2.46 bits per heavy atom. The van der Waals surface area contributed by atoms with Crippen LogP contribution in [0, 0.1) is 5.92 Å². The van der Waals surface area contributed by atoms with Crippen LogP contribution in [-0.4, -0.2) is 18.5 Å². The summed E-state index contributed by atoms with van der Waals surface area (Å²) in [6, 6.07) is 0.260. The molecule has 0 aliphatic rings. The summed E-state index contributed by atoms with van der Waals surface area (Å²) < 4.78 is 0. The van der Waals surface area contributed by atoms with E-state index in [2.05, 4.69) is 12.2 Å². The lowest BCUT2D eigenvalue weighted by Gasteiger charge is -2.16. The van der Waals surface area contributed by atoms with E-state index in [0.717, 1.165) is 12.8 Å². The Bertz CT molecular complexity index is 146. The monoisotopic (exact) mass is 186 g/mol. The highest BCUT2D eigenvalue weighted by Crippen LogP contribution is 2.01. The van der Waals surface area contributed by atoms with Crippen LogP contribution >= 0.6 is 0 Å². The molecule has 0 bridgehead atoms. The van der Waals surface area contributed by atoms with Gasteiger partial charge >= 0.3 is 0 Å². The molecule has 0 fully saturated rings. The van der Waals surface area contributed by atoms with Gasteiger partial charge in [0.25, 0.3) is 0 Å². The summed E-state index contributed by atoms with van der Waals surface area (Å²) in [6.07, 6.45) is 2.45. The van der Waals surface area contributed by atoms with Gasteiger partial charge in [-0.2, -0.15) is 0 Å². The molecule has 0 aromatic heterocycles. The fourth-order valence-electron chi connectivity index (χ4n) is 1.24. The lowest BCUT2D eigenvalue weighted by molar-refractivity contribution is -0.122. The molecule has 1 atom stereocenters. The van der Waals surface area contributed by atoms with Gasteiger partial charge in [-0.05, 0) is 25.3 Å². The molecular weight excluding hydrogens is 164 g/mol. The van der Waals surface area contributed by atoms with Crippen LogP contribution in [0.15, 0.2) is 0 Å². The van der Waals surface area contributed by atoms with Gasteiger partial charge in [0.1, 0.15) is 0 Å². The minimum atomic E-state index is 0.148. The molecular formula is C10H22N2O. The quantitative estimate of drug-likeness (QED) is 0.656. The van der Waals surface area contributed by atoms with Crippen molar-refractivity contribution < 1.29 is 4.79 Å². The molecule has 78 valence electrons. The zero-order chi connectivity index (χ0) is 10.3. The number of amides is 1. The summed E-state index contributed by atoms with van der Waals surface area (Å²) in [4.78, 5) is 11.3. The Balaban J connectivity index is 3.73. The normalized spacial score (nSPS) is 13.0. The first kappa shape index (κ1) is 12.4. The third kappa shape index (κ3) is 6.58. The topological polar surface area (TPSA) is 55.1 Å². The van der Waals surface area contributed by atoms with Crippen LogP contribution in [0.4, 0.5) is 0 Å². The molecule has 0 aromatic carbocycles. The Morgan fingerprint density at radius 1 is 1.46 bits per heavy atom. The van der Waals surface area contributed by atoms with Crippen LogP contribution in [0.2, 0.25) is 0 Å². The van der Waals surface area contributed by atoms with E-state index >= 15 is 0 Å². The van der Waals surface area contributed by atoms with Gasteiger partial charge in [0.05, 0.1) is 0 Å². The van der Waals surface area contributed by atoms with Crippen LogP contribution in [0.25, 0.3) is 0 Å². The molecule has 0 rings (SSSR count). The van der Waals surface area contributed by atoms with Crippen molar-refractivity contribution in [2.75, 3.05) is 6.54 Å². The number of hydrogen-bond acceptors (Lipinski definition) is 2. The number of nitrogens with two attached hydrogens (primary N) is 1. The number of rotatable bonds is 6. The van der Waals surface area contributed by atoms with E-state index in [1.807, 2.05) is 13.8 Å². The van der Waals surface area contributed by atoms with Crippen LogP contribution in [-0.2, 0) is 4.79 Å². The van der Waals surface area contributed by atoms with Crippen molar-refractivity contribution in [3.05, 3.63) is 0 Å². The molecule has 0 aliphatic carbocycles. The molecule has 1 unspecified atom stereocenters. The fraction of sp³-hybridized carbons (Fsp3) is 0.900. The molecule has 0 aliphatic heterocycles. The van der Waals surface area contributed by atoms with Crippen molar-refractivity contribution in [1.82, 2.24) is 5.32 Å². The zero-order valence-electron chi connectivity index (χ0n) is 8.97. The highest BCUT2D eigenvalue weighted by molar-refractivity contribution is 5.76. The zero-order valence-corrected chi connectivity index (χ0v) is 8.97. The average molecular weight is 186 g/mol. The molecule has 1 amide bonds. The van der Waals surface area contributed by atoms with Gasteiger partial charge < -0.3 is 11.1 Å². The molecule has 0 spiro atoms. The standard InChI is InChI=1S/C10H22N2O/c1-4-9(5-6-11)12-10(13)7-8(2)3/h8-9H,4-7,11H2,1-3H3,(H,12,13). The SMILES string of the molecule is CCC(CCN)NC(=O)CC(C)C. The van der Waals surface area contributed by atoms with E-state index in [9.17, 15) is 4.79 Å². The van der Waals surface area contributed by atoms with Crippen molar-refractivity contribution in [2.24, 2.45) is 11.7 Å². The number of carbonyl (C=O) groups is 1. The molecule has 13 heavy (non-hydrogen) atoms. The highest BCUT2D eigenvalue weighted by atomic mass is 16.1. The first-order valence-corrected chi connectivity index (χ1v) is 5.09. The van der Waals surface area contributed by atoms with E-state index in [0.29, 0.717) is 18.9 Å². The fourth-order valence-corrected chi connectivity index (χ4v) is 1.24. The maximum atomic E-state index is 11.3. The summed E-state index contributed by atoms with van der Waals surface area (Å²) in [5, 5.41) is 2.98. The minimum Gasteiger partial charge on any atom is -0.353 e. The predicted octanol–water partition coefficient (Wildman–Crippen LogP) is 1.28. The maximum absolute atomic E-state index is 11.3. The Hall–Kier alpha value is -0.570. The summed E-state index contributed by atoms with van der Waals surface area (Å²) in [5.74, 6) is 0.575. The smallest absolute Gasteiger partial charge is 0.220 e. The number of hydrogen-bond donors (Lipinski definition) is 2. The van der Waals surface area contributed by atoms with Gasteiger partial charge in [0.15, 0.2) is 0 Å². The molecule has 0 heterocycles. The Morgan fingerprint density at radius 2 is 2.08 bits per heavy atom. The van der Waals surface area contributed by atoms with Gasteiger partial charge in [-0.1, -0.05) is 20.8 Å². The molecule has 3 nitrogen and oxygen atoms in total. The van der Waals surface area contributed by atoms with Crippen molar-refractivity contribution in [1.29, 1.82) is 0 Å². The van der Waals surface area contributed by atoms with Crippen LogP contribution in [0.1, 0.15) is 40.0 Å². The lowest BCUT2D eigenvalue weighted by atomic mass is 10.1. The summed E-state index contributed by atoms with van der Waals surface area (Å²) >= 11 is 0. The lowest BCUT2D eigenvalue weighted by Crippen LogP contribution is -2.36. The van der Waals surface area contributed by atoms with Crippen molar-refractivity contribution in [2.45, 2.75) is 46.1 Å². The number of nitrogens with one attached hydrogen (secondary N) is 1. The maximum Gasteiger partial charge on any atom is 0.220 e. The van der Waals surface area contributed by atoms with Gasteiger partial charge in [0.2, 0.25) is 5.91 Å². The van der Waals surface area contributed by atoms with E-state index in [1.165, 1.54) is 0 Å². The van der Waals surface area contributed by atoms with Gasteiger partial charge in [-0.3, -0.25) is 4.79 Å². The summed E-state index contributed by atoms with van der Waals surface area (Å²) in [6.45, 7) is 6.80. The Labute approximate surface area is 81.1 Å². The van der Waals surface area contributed by atoms with Crippen molar-refractivity contribution in [3.63, 3.8) is 0 Å². The second-order valence-electron chi connectivity index (χ2n) is 3.85. The largest absolute Gasteiger partial charge is 0.353 e. The summed E-state index contributed by atoms with van der Waals surface area (Å²) in [5.41, 5.74) is 5.43. The molecule has 0 aromatic rings. The van der Waals surface area contributed by atoms with Gasteiger partial charge in [-0.25, -0.2) is 0 Å². The first-order valence-electron chi connectivity index (χ1n) is 5.09. The van der Waals surface area contributed by atoms with Gasteiger partial charge in [0, 0.05) is 12.5 Å². The van der Waals surface area contributed by atoms with E-state index in [-0.39, 0.29) is 11.9 Å². The van der Waals surface area contributed by atoms with E-state index in [1.54, 1.807) is 0 Å². The molecule has 3 N–H and O–H groups in total. The molecule has 0 saturated heterocycles.